The molecule has 17 heavy (non-hydrogen) atoms. The molecule has 0 unspecified atom stereocenters. The fourth-order valence-corrected chi connectivity index (χ4v) is 1.57. The molecule has 0 radical (unpaired) electrons. The van der Waals surface area contributed by atoms with E-state index in [0.717, 1.165) is 17.7 Å². The van der Waals surface area contributed by atoms with Crippen molar-refractivity contribution in [3.63, 3.8) is 0 Å². The molecule has 0 aliphatic carbocycles. The largest absolute Gasteiger partial charge is 0.418 e. The van der Waals surface area contributed by atoms with E-state index in [4.69, 9.17) is 0 Å². The number of hydrogen-bond donors (Lipinski definition) is 1. The van der Waals surface area contributed by atoms with Gasteiger partial charge < -0.3 is 5.32 Å². The summed E-state index contributed by atoms with van der Waals surface area (Å²) in [5, 5.41) is 2.47. The third-order valence-electron chi connectivity index (χ3n) is 2.13. The molecule has 96 valence electrons. The van der Waals surface area contributed by atoms with Gasteiger partial charge in [0.2, 0.25) is 0 Å². The van der Waals surface area contributed by atoms with Gasteiger partial charge in [0, 0.05) is 13.1 Å². The third-order valence-corrected chi connectivity index (χ3v) is 2.49. The molecular formula is C8H12FN3O4S. The molecule has 1 saturated heterocycles. The van der Waals surface area contributed by atoms with E-state index >= 15 is 0 Å². The molecule has 1 heterocycles. The van der Waals surface area contributed by atoms with Crippen molar-refractivity contribution >= 4 is 28.6 Å². The lowest BCUT2D eigenvalue weighted by atomic mass is 10.2. The lowest BCUT2D eigenvalue weighted by Gasteiger charge is -2.21. The van der Waals surface area contributed by atoms with E-state index in [1.165, 1.54) is 0 Å². The van der Waals surface area contributed by atoms with Gasteiger partial charge in [-0.1, -0.05) is 3.89 Å². The van der Waals surface area contributed by atoms with Gasteiger partial charge in [0.15, 0.2) is 0 Å². The zero-order valence-corrected chi connectivity index (χ0v) is 9.74. The van der Waals surface area contributed by atoms with E-state index in [0.29, 0.717) is 13.0 Å². The van der Waals surface area contributed by atoms with Crippen LogP contribution in [0.4, 0.5) is 8.68 Å². The Bertz CT molecular complexity index is 434. The number of imide groups is 1. The van der Waals surface area contributed by atoms with Crippen LogP contribution < -0.4 is 5.32 Å². The average molecular weight is 265 g/mol. The molecule has 7 nitrogen and oxygen atoms in total. The summed E-state index contributed by atoms with van der Waals surface area (Å²) in [7, 11) is -5.10. The smallest absolute Gasteiger partial charge is 0.338 e. The third kappa shape index (κ3) is 4.89. The van der Waals surface area contributed by atoms with Gasteiger partial charge in [-0.25, -0.2) is 4.79 Å². The second kappa shape index (κ2) is 5.71. The van der Waals surface area contributed by atoms with Crippen molar-refractivity contribution in [1.29, 1.82) is 0 Å². The van der Waals surface area contributed by atoms with Crippen molar-refractivity contribution < 1.29 is 21.9 Å². The quantitative estimate of drug-likeness (QED) is 0.561. The minimum Gasteiger partial charge on any atom is -0.338 e. The van der Waals surface area contributed by atoms with E-state index in [1.807, 2.05) is 0 Å². The van der Waals surface area contributed by atoms with E-state index in [2.05, 4.69) is 9.71 Å². The number of carbonyl (C=O) groups is 2. The molecule has 0 atom stereocenters. The van der Waals surface area contributed by atoms with Gasteiger partial charge in [-0.2, -0.15) is 8.42 Å². The Labute approximate surface area is 98.0 Å². The van der Waals surface area contributed by atoms with Crippen LogP contribution >= 0.6 is 0 Å². The van der Waals surface area contributed by atoms with Gasteiger partial charge in [0.05, 0.1) is 0 Å². The van der Waals surface area contributed by atoms with Crippen molar-refractivity contribution in [2.45, 2.75) is 19.3 Å². The highest BCUT2D eigenvalue weighted by atomic mass is 32.3. The van der Waals surface area contributed by atoms with Crippen molar-refractivity contribution in [3.05, 3.63) is 0 Å². The van der Waals surface area contributed by atoms with Gasteiger partial charge in [-0.3, -0.25) is 9.69 Å². The summed E-state index contributed by atoms with van der Waals surface area (Å²) < 4.78 is 34.7. The Balaban J connectivity index is 2.71. The monoisotopic (exact) mass is 265 g/mol. The maximum Gasteiger partial charge on any atom is 0.418 e. The number of halogens is 1. The molecule has 0 aromatic carbocycles. The van der Waals surface area contributed by atoms with E-state index < -0.39 is 22.3 Å². The number of urea groups is 1. The minimum atomic E-state index is -5.10. The SMILES string of the molecule is O=C(C=NS(=O)(=O)F)N1CCCCCNC1=O. The molecule has 3 amide bonds. The number of nitrogens with one attached hydrogen (secondary N) is 1. The Hall–Kier alpha value is -1.51. The molecule has 1 N–H and O–H groups in total. The highest BCUT2D eigenvalue weighted by Gasteiger charge is 2.21. The van der Waals surface area contributed by atoms with Crippen LogP contribution in [0.3, 0.4) is 0 Å². The van der Waals surface area contributed by atoms with Crippen molar-refractivity contribution in [2.75, 3.05) is 13.1 Å². The molecular weight excluding hydrogens is 253 g/mol. The van der Waals surface area contributed by atoms with Crippen LogP contribution in [0.15, 0.2) is 4.40 Å². The van der Waals surface area contributed by atoms with Crippen LogP contribution in [-0.2, 0) is 15.2 Å². The van der Waals surface area contributed by atoms with Crippen molar-refractivity contribution in [2.24, 2.45) is 4.40 Å². The number of amides is 3. The first kappa shape index (κ1) is 13.6. The number of rotatable bonds is 2. The Kier molecular flexibility index (Phi) is 4.55. The lowest BCUT2D eigenvalue weighted by molar-refractivity contribution is -0.121. The normalized spacial score (nSPS) is 18.6. The predicted octanol–water partition coefficient (Wildman–Crippen LogP) is -0.00640. The van der Waals surface area contributed by atoms with Crippen LogP contribution in [0.5, 0.6) is 0 Å². The lowest BCUT2D eigenvalue weighted by Crippen LogP contribution is -2.46. The average Bonchev–Trinajstić information content (AvgIpc) is 2.20. The summed E-state index contributed by atoms with van der Waals surface area (Å²) in [6.07, 6.45) is 2.56. The maximum atomic E-state index is 12.1. The summed E-state index contributed by atoms with van der Waals surface area (Å²) in [6.45, 7) is 0.601. The van der Waals surface area contributed by atoms with Gasteiger partial charge >= 0.3 is 16.4 Å². The van der Waals surface area contributed by atoms with Gasteiger partial charge in [0.1, 0.15) is 6.21 Å². The van der Waals surface area contributed by atoms with E-state index in [1.54, 1.807) is 0 Å². The van der Waals surface area contributed by atoms with Crippen molar-refractivity contribution in [1.82, 2.24) is 10.2 Å². The molecule has 1 fully saturated rings. The van der Waals surface area contributed by atoms with Gasteiger partial charge in [-0.15, -0.1) is 4.40 Å². The second-order valence-electron chi connectivity index (χ2n) is 3.43. The second-order valence-corrected chi connectivity index (χ2v) is 4.46. The van der Waals surface area contributed by atoms with Crippen LogP contribution in [0.2, 0.25) is 0 Å². The number of carbonyl (C=O) groups excluding carboxylic acids is 2. The summed E-state index contributed by atoms with van der Waals surface area (Å²) in [5.41, 5.74) is 0. The molecule has 1 aliphatic rings. The zero-order valence-electron chi connectivity index (χ0n) is 8.93. The first-order valence-electron chi connectivity index (χ1n) is 4.99. The zero-order chi connectivity index (χ0) is 12.9. The number of nitrogens with zero attached hydrogens (tertiary/aromatic N) is 2. The van der Waals surface area contributed by atoms with Crippen LogP contribution in [0, 0.1) is 0 Å². The summed E-state index contributed by atoms with van der Waals surface area (Å²) in [4.78, 5) is 23.6. The molecule has 1 aliphatic heterocycles. The molecule has 9 heteroatoms. The van der Waals surface area contributed by atoms with Crippen LogP contribution in [0.1, 0.15) is 19.3 Å². The summed E-state index contributed by atoms with van der Waals surface area (Å²) >= 11 is 0. The predicted molar refractivity (Wildman–Crippen MR) is 57.5 cm³/mol. The summed E-state index contributed by atoms with van der Waals surface area (Å²) in [6, 6.07) is -0.627. The summed E-state index contributed by atoms with van der Waals surface area (Å²) in [5.74, 6) is -0.953. The highest BCUT2D eigenvalue weighted by Crippen LogP contribution is 2.03. The molecule has 0 aromatic rings. The Morgan fingerprint density at radius 2 is 2.12 bits per heavy atom. The van der Waals surface area contributed by atoms with Gasteiger partial charge in [-0.05, 0) is 19.3 Å². The molecule has 0 aromatic heterocycles. The Morgan fingerprint density at radius 3 is 2.76 bits per heavy atom. The van der Waals surface area contributed by atoms with Crippen LogP contribution in [0.25, 0.3) is 0 Å². The Morgan fingerprint density at radius 1 is 1.41 bits per heavy atom. The molecule has 1 rings (SSSR count). The van der Waals surface area contributed by atoms with Gasteiger partial charge in [0.25, 0.3) is 5.91 Å². The molecule has 0 saturated carbocycles. The van der Waals surface area contributed by atoms with E-state index in [-0.39, 0.29) is 12.8 Å². The van der Waals surface area contributed by atoms with Crippen molar-refractivity contribution in [3.8, 4) is 0 Å². The first-order valence-corrected chi connectivity index (χ1v) is 6.33. The topological polar surface area (TPSA) is 95.9 Å². The molecule has 0 bridgehead atoms. The molecule has 0 spiro atoms. The van der Waals surface area contributed by atoms with E-state index in [9.17, 15) is 21.9 Å². The standard InChI is InChI=1S/C8H12FN3O4S/c9-17(15,16)11-6-7(13)12-5-3-1-2-4-10-8(12)14/h6H,1-5H2,(H,10,14). The fraction of sp³-hybridized carbons (Fsp3) is 0.625. The van der Waals surface area contributed by atoms with Crippen LogP contribution in [-0.4, -0.2) is 44.6 Å². The fourth-order valence-electron chi connectivity index (χ4n) is 1.35. The minimum absolute atomic E-state index is 0.156. The highest BCUT2D eigenvalue weighted by molar-refractivity contribution is 7.85. The number of hydrogen-bond acceptors (Lipinski definition) is 4. The first-order chi connectivity index (χ1) is 7.90. The maximum absolute atomic E-state index is 12.1.